The minimum Gasteiger partial charge on any atom is -0.481 e. The van der Waals surface area contributed by atoms with Crippen LogP contribution in [0.4, 0.5) is 17.1 Å². The van der Waals surface area contributed by atoms with Crippen molar-refractivity contribution in [1.29, 1.82) is 0 Å². The summed E-state index contributed by atoms with van der Waals surface area (Å²) in [6.45, 7) is 0. The van der Waals surface area contributed by atoms with Gasteiger partial charge < -0.3 is 10.1 Å². The number of rotatable bonds is 6. The van der Waals surface area contributed by atoms with Gasteiger partial charge in [-0.1, -0.05) is 0 Å². The molecule has 7 nitrogen and oxygen atoms in total. The average Bonchev–Trinajstić information content (AvgIpc) is 3.49. The number of sulfonamides is 1. The number of anilines is 3. The predicted octanol–water partition coefficient (Wildman–Crippen LogP) is 3.29. The van der Waals surface area contributed by atoms with Gasteiger partial charge in [0.15, 0.2) is 0 Å². The van der Waals surface area contributed by atoms with Gasteiger partial charge in [-0.25, -0.2) is 13.4 Å². The average molecular weight is 370 g/mol. The molecule has 1 aromatic carbocycles. The molecule has 0 radical (unpaired) electrons. The van der Waals surface area contributed by atoms with Gasteiger partial charge in [-0.05, 0) is 49.2 Å². The number of ether oxygens (including phenoxy) is 1. The molecule has 1 aliphatic rings. The van der Waals surface area contributed by atoms with Crippen LogP contribution in [-0.4, -0.2) is 30.7 Å². The molecule has 3 aromatic rings. The summed E-state index contributed by atoms with van der Waals surface area (Å²) >= 11 is 0. The number of hydrogen-bond acceptors (Lipinski definition) is 6. The summed E-state index contributed by atoms with van der Waals surface area (Å²) in [7, 11) is -1.68. The lowest BCUT2D eigenvalue weighted by Gasteiger charge is -2.11. The Kier molecular flexibility index (Phi) is 4.12. The van der Waals surface area contributed by atoms with E-state index < -0.39 is 10.0 Å². The first-order valence-electron chi connectivity index (χ1n) is 8.24. The van der Waals surface area contributed by atoms with E-state index in [1.54, 1.807) is 31.5 Å². The molecule has 8 heteroatoms. The summed E-state index contributed by atoms with van der Waals surface area (Å²) in [6.07, 6.45) is 3.18. The van der Waals surface area contributed by atoms with Crippen LogP contribution < -0.4 is 14.8 Å². The molecule has 26 heavy (non-hydrogen) atoms. The van der Waals surface area contributed by atoms with Crippen molar-refractivity contribution < 1.29 is 13.2 Å². The van der Waals surface area contributed by atoms with Crippen LogP contribution in [0.15, 0.2) is 48.7 Å². The van der Waals surface area contributed by atoms with Crippen LogP contribution in [0.5, 0.6) is 5.88 Å². The topological polar surface area (TPSA) is 93.2 Å². The first-order valence-corrected chi connectivity index (χ1v) is 9.78. The third kappa shape index (κ3) is 3.41. The number of aromatic nitrogens is 2. The Labute approximate surface area is 151 Å². The van der Waals surface area contributed by atoms with E-state index in [1.807, 2.05) is 24.3 Å². The second-order valence-electron chi connectivity index (χ2n) is 6.13. The normalized spacial score (nSPS) is 14.2. The number of pyridine rings is 2. The van der Waals surface area contributed by atoms with Crippen LogP contribution in [0.3, 0.4) is 0 Å². The van der Waals surface area contributed by atoms with Crippen molar-refractivity contribution in [3.05, 3.63) is 48.7 Å². The summed E-state index contributed by atoms with van der Waals surface area (Å²) in [5.41, 5.74) is 3.62. The molecule has 0 unspecified atom stereocenters. The van der Waals surface area contributed by atoms with Crippen molar-refractivity contribution in [3.8, 4) is 5.88 Å². The van der Waals surface area contributed by atoms with Crippen molar-refractivity contribution in [3.63, 3.8) is 0 Å². The van der Waals surface area contributed by atoms with Gasteiger partial charge in [-0.15, -0.1) is 0 Å². The molecule has 0 spiro atoms. The Balaban J connectivity index is 1.56. The molecule has 1 fully saturated rings. The Bertz CT molecular complexity index is 1050. The minimum atomic E-state index is -3.25. The van der Waals surface area contributed by atoms with E-state index in [0.29, 0.717) is 17.1 Å². The lowest BCUT2D eigenvalue weighted by molar-refractivity contribution is 0.399. The lowest BCUT2D eigenvalue weighted by Crippen LogP contribution is -2.17. The molecule has 0 saturated heterocycles. The quantitative estimate of drug-likeness (QED) is 0.692. The SMILES string of the molecule is COc1ccc2nccc(Nc3ccc(NS(=O)(=O)C4CC4)cc3)c2n1. The highest BCUT2D eigenvalue weighted by Gasteiger charge is 2.35. The molecule has 1 saturated carbocycles. The van der Waals surface area contributed by atoms with E-state index in [-0.39, 0.29) is 5.25 Å². The summed E-state index contributed by atoms with van der Waals surface area (Å²) in [5.74, 6) is 0.512. The predicted molar refractivity (Wildman–Crippen MR) is 101 cm³/mol. The zero-order valence-electron chi connectivity index (χ0n) is 14.1. The number of benzene rings is 1. The smallest absolute Gasteiger partial charge is 0.235 e. The monoisotopic (exact) mass is 370 g/mol. The first-order chi connectivity index (χ1) is 12.5. The van der Waals surface area contributed by atoms with Crippen molar-refractivity contribution in [2.75, 3.05) is 17.1 Å². The van der Waals surface area contributed by atoms with Crippen LogP contribution in [0, 0.1) is 0 Å². The number of fused-ring (bicyclic) bond motifs is 1. The van der Waals surface area contributed by atoms with E-state index in [0.717, 1.165) is 29.7 Å². The number of nitrogens with one attached hydrogen (secondary N) is 2. The maximum Gasteiger partial charge on any atom is 0.235 e. The minimum absolute atomic E-state index is 0.246. The molecule has 4 rings (SSSR count). The highest BCUT2D eigenvalue weighted by atomic mass is 32.2. The zero-order valence-corrected chi connectivity index (χ0v) is 15.0. The van der Waals surface area contributed by atoms with E-state index in [2.05, 4.69) is 20.0 Å². The summed E-state index contributed by atoms with van der Waals surface area (Å²) < 4.78 is 31.8. The number of nitrogens with zero attached hydrogens (tertiary/aromatic N) is 2. The third-order valence-corrected chi connectivity index (χ3v) is 6.02. The summed E-state index contributed by atoms with van der Waals surface area (Å²) in [6, 6.07) is 12.5. The first kappa shape index (κ1) is 16.6. The highest BCUT2D eigenvalue weighted by Crippen LogP contribution is 2.30. The van der Waals surface area contributed by atoms with Gasteiger partial charge in [0, 0.05) is 23.6 Å². The lowest BCUT2D eigenvalue weighted by atomic mass is 10.2. The van der Waals surface area contributed by atoms with Gasteiger partial charge in [-0.2, -0.15) is 0 Å². The van der Waals surface area contributed by atoms with Crippen molar-refractivity contribution in [2.45, 2.75) is 18.1 Å². The van der Waals surface area contributed by atoms with Crippen molar-refractivity contribution in [2.24, 2.45) is 0 Å². The second kappa shape index (κ2) is 6.45. The summed E-state index contributed by atoms with van der Waals surface area (Å²) in [5, 5.41) is 3.04. The zero-order chi connectivity index (χ0) is 18.1. The van der Waals surface area contributed by atoms with Gasteiger partial charge in [0.2, 0.25) is 15.9 Å². The Morgan fingerprint density at radius 3 is 2.46 bits per heavy atom. The van der Waals surface area contributed by atoms with Crippen molar-refractivity contribution >= 4 is 38.1 Å². The van der Waals surface area contributed by atoms with Gasteiger partial charge >= 0.3 is 0 Å². The molecule has 2 N–H and O–H groups in total. The van der Waals surface area contributed by atoms with E-state index in [4.69, 9.17) is 4.74 Å². The standard InChI is InChI=1S/C18H18N4O3S/c1-25-17-9-8-15-18(21-17)16(10-11-19-15)20-12-2-4-13(5-3-12)22-26(23,24)14-6-7-14/h2-5,8-11,14,22H,6-7H2,1H3,(H,19,20). The Morgan fingerprint density at radius 1 is 1.04 bits per heavy atom. The fraction of sp³-hybridized carbons (Fsp3) is 0.222. The highest BCUT2D eigenvalue weighted by molar-refractivity contribution is 7.93. The maximum absolute atomic E-state index is 12.0. The number of hydrogen-bond donors (Lipinski definition) is 2. The van der Waals surface area contributed by atoms with Crippen LogP contribution in [0.25, 0.3) is 11.0 Å². The molecule has 1 aliphatic carbocycles. The summed E-state index contributed by atoms with van der Waals surface area (Å²) in [4.78, 5) is 8.74. The van der Waals surface area contributed by atoms with Gasteiger partial charge in [0.05, 0.1) is 23.6 Å². The molecule has 0 amide bonds. The van der Waals surface area contributed by atoms with E-state index in [9.17, 15) is 8.42 Å². The van der Waals surface area contributed by atoms with E-state index in [1.165, 1.54) is 0 Å². The van der Waals surface area contributed by atoms with Crippen LogP contribution in [0.1, 0.15) is 12.8 Å². The van der Waals surface area contributed by atoms with Crippen LogP contribution in [0.2, 0.25) is 0 Å². The van der Waals surface area contributed by atoms with Gasteiger partial charge in [-0.3, -0.25) is 9.71 Å². The Morgan fingerprint density at radius 2 is 1.77 bits per heavy atom. The largest absolute Gasteiger partial charge is 0.481 e. The van der Waals surface area contributed by atoms with E-state index >= 15 is 0 Å². The van der Waals surface area contributed by atoms with Crippen LogP contribution in [-0.2, 0) is 10.0 Å². The van der Waals surface area contributed by atoms with Gasteiger partial charge in [0.1, 0.15) is 5.52 Å². The Hall–Kier alpha value is -2.87. The number of methoxy groups -OCH3 is 1. The molecule has 0 atom stereocenters. The fourth-order valence-corrected chi connectivity index (χ4v) is 4.01. The van der Waals surface area contributed by atoms with Crippen LogP contribution >= 0.6 is 0 Å². The maximum atomic E-state index is 12.0. The fourth-order valence-electron chi connectivity index (χ4n) is 2.62. The molecule has 2 heterocycles. The van der Waals surface area contributed by atoms with Crippen molar-refractivity contribution in [1.82, 2.24) is 9.97 Å². The molecule has 2 aromatic heterocycles. The molecular formula is C18H18N4O3S. The molecular weight excluding hydrogens is 352 g/mol. The second-order valence-corrected chi connectivity index (χ2v) is 8.09. The third-order valence-electron chi connectivity index (χ3n) is 4.15. The molecule has 0 bridgehead atoms. The van der Waals surface area contributed by atoms with Gasteiger partial charge in [0.25, 0.3) is 0 Å². The molecule has 0 aliphatic heterocycles. The molecule has 134 valence electrons.